The Hall–Kier alpha value is -1.07. The molecule has 0 aliphatic carbocycles. The number of nitrogens with one attached hydrogen (secondary N) is 1. The monoisotopic (exact) mass is 270 g/mol. The fourth-order valence-corrected chi connectivity index (χ4v) is 3.14. The number of sulfonamides is 1. The summed E-state index contributed by atoms with van der Waals surface area (Å²) in [5.41, 5.74) is 1.73. The first kappa shape index (κ1) is 15.0. The summed E-state index contributed by atoms with van der Waals surface area (Å²) < 4.78 is 25.7. The van der Waals surface area contributed by atoms with Crippen molar-refractivity contribution in [2.75, 3.05) is 30.7 Å². The zero-order chi connectivity index (χ0) is 13.6. The van der Waals surface area contributed by atoms with Crippen LogP contribution in [0.5, 0.6) is 0 Å². The summed E-state index contributed by atoms with van der Waals surface area (Å²) in [5, 5.41) is 3.02. The number of para-hydroxylation sites is 1. The van der Waals surface area contributed by atoms with E-state index in [1.807, 2.05) is 38.2 Å². The molecular formula is C13H22N2O2S. The lowest BCUT2D eigenvalue weighted by Gasteiger charge is -2.21. The van der Waals surface area contributed by atoms with Gasteiger partial charge in [-0.05, 0) is 45.0 Å². The van der Waals surface area contributed by atoms with Crippen LogP contribution in [0.2, 0.25) is 0 Å². The van der Waals surface area contributed by atoms with Crippen LogP contribution in [0.1, 0.15) is 18.4 Å². The van der Waals surface area contributed by atoms with Gasteiger partial charge < -0.3 is 5.32 Å². The molecule has 0 amide bonds. The van der Waals surface area contributed by atoms with Gasteiger partial charge >= 0.3 is 0 Å². The van der Waals surface area contributed by atoms with E-state index in [9.17, 15) is 8.42 Å². The van der Waals surface area contributed by atoms with Crippen LogP contribution in [0, 0.1) is 6.92 Å². The van der Waals surface area contributed by atoms with Crippen LogP contribution in [0.3, 0.4) is 0 Å². The van der Waals surface area contributed by atoms with Crippen LogP contribution < -0.4 is 9.62 Å². The molecule has 0 aliphatic rings. The number of hydrogen-bond donors (Lipinski definition) is 1. The van der Waals surface area contributed by atoms with E-state index in [1.54, 1.807) is 7.05 Å². The Morgan fingerprint density at radius 2 is 1.89 bits per heavy atom. The van der Waals surface area contributed by atoms with Crippen LogP contribution >= 0.6 is 0 Å². The van der Waals surface area contributed by atoms with Gasteiger partial charge in [0.05, 0.1) is 11.4 Å². The van der Waals surface area contributed by atoms with E-state index >= 15 is 0 Å². The van der Waals surface area contributed by atoms with E-state index in [-0.39, 0.29) is 5.75 Å². The number of unbranched alkanes of at least 4 members (excludes halogenated alkanes) is 1. The minimum Gasteiger partial charge on any atom is -0.320 e. The van der Waals surface area contributed by atoms with Gasteiger partial charge in [0.25, 0.3) is 0 Å². The Bertz CT molecular complexity index is 472. The number of nitrogens with zero attached hydrogens (tertiary/aromatic N) is 1. The smallest absolute Gasteiger partial charge is 0.234 e. The molecule has 0 aromatic heterocycles. The summed E-state index contributed by atoms with van der Waals surface area (Å²) in [7, 11) is 0.279. The van der Waals surface area contributed by atoms with Crippen molar-refractivity contribution in [2.45, 2.75) is 19.8 Å². The molecule has 0 bridgehead atoms. The van der Waals surface area contributed by atoms with E-state index in [0.717, 1.165) is 24.2 Å². The minimum absolute atomic E-state index is 0.194. The second-order valence-corrected chi connectivity index (χ2v) is 6.50. The number of aryl methyl sites for hydroxylation is 1. The molecule has 4 nitrogen and oxygen atoms in total. The fraction of sp³-hybridized carbons (Fsp3) is 0.538. The summed E-state index contributed by atoms with van der Waals surface area (Å²) in [6.07, 6.45) is 1.55. The second kappa shape index (κ2) is 6.75. The molecular weight excluding hydrogens is 248 g/mol. The van der Waals surface area contributed by atoms with E-state index in [0.29, 0.717) is 6.42 Å². The normalized spacial score (nSPS) is 11.5. The predicted molar refractivity (Wildman–Crippen MR) is 76.5 cm³/mol. The third kappa shape index (κ3) is 3.99. The zero-order valence-corrected chi connectivity index (χ0v) is 12.1. The van der Waals surface area contributed by atoms with Gasteiger partial charge in [-0.15, -0.1) is 0 Å². The third-order valence-electron chi connectivity index (χ3n) is 2.95. The Labute approximate surface area is 110 Å². The number of benzene rings is 1. The predicted octanol–water partition coefficient (Wildman–Crippen LogP) is 1.76. The molecule has 5 heteroatoms. The maximum atomic E-state index is 12.2. The van der Waals surface area contributed by atoms with Gasteiger partial charge in [0.1, 0.15) is 0 Å². The summed E-state index contributed by atoms with van der Waals surface area (Å²) >= 11 is 0. The molecule has 18 heavy (non-hydrogen) atoms. The van der Waals surface area contributed by atoms with Crippen molar-refractivity contribution in [1.29, 1.82) is 0 Å². The van der Waals surface area contributed by atoms with Gasteiger partial charge in [-0.2, -0.15) is 0 Å². The molecule has 1 N–H and O–H groups in total. The first-order valence-corrected chi connectivity index (χ1v) is 7.77. The van der Waals surface area contributed by atoms with Crippen molar-refractivity contribution in [2.24, 2.45) is 0 Å². The molecule has 0 fully saturated rings. The van der Waals surface area contributed by atoms with Crippen molar-refractivity contribution >= 4 is 15.7 Å². The molecule has 0 saturated heterocycles. The average molecular weight is 270 g/mol. The largest absolute Gasteiger partial charge is 0.320 e. The van der Waals surface area contributed by atoms with Crippen molar-refractivity contribution in [3.63, 3.8) is 0 Å². The standard InChI is InChI=1S/C13H22N2O2S/c1-12-8-4-5-9-13(12)15(3)18(16,17)11-7-6-10-14-2/h4-5,8-9,14H,6-7,10-11H2,1-3H3. The number of hydrogen-bond acceptors (Lipinski definition) is 3. The molecule has 1 aromatic carbocycles. The molecule has 0 spiro atoms. The molecule has 102 valence electrons. The van der Waals surface area contributed by atoms with E-state index in [1.165, 1.54) is 4.31 Å². The fourth-order valence-electron chi connectivity index (χ4n) is 1.79. The van der Waals surface area contributed by atoms with Crippen LogP contribution in [0.25, 0.3) is 0 Å². The van der Waals surface area contributed by atoms with Crippen molar-refractivity contribution < 1.29 is 8.42 Å². The summed E-state index contributed by atoms with van der Waals surface area (Å²) in [4.78, 5) is 0. The Morgan fingerprint density at radius 1 is 1.22 bits per heavy atom. The molecule has 0 aliphatic heterocycles. The number of anilines is 1. The first-order valence-electron chi connectivity index (χ1n) is 6.16. The lowest BCUT2D eigenvalue weighted by Crippen LogP contribution is -2.29. The highest BCUT2D eigenvalue weighted by Gasteiger charge is 2.18. The maximum absolute atomic E-state index is 12.2. The van der Waals surface area contributed by atoms with E-state index in [4.69, 9.17) is 0 Å². The lowest BCUT2D eigenvalue weighted by molar-refractivity contribution is 0.588. The Kier molecular flexibility index (Phi) is 5.62. The first-order chi connectivity index (χ1) is 8.49. The number of rotatable bonds is 7. The second-order valence-electron chi connectivity index (χ2n) is 4.38. The van der Waals surface area contributed by atoms with Gasteiger partial charge in [-0.3, -0.25) is 4.31 Å². The highest BCUT2D eigenvalue weighted by molar-refractivity contribution is 7.92. The van der Waals surface area contributed by atoms with E-state index < -0.39 is 10.0 Å². The Balaban J connectivity index is 2.70. The summed E-state index contributed by atoms with van der Waals surface area (Å²) in [5.74, 6) is 0.194. The highest BCUT2D eigenvalue weighted by Crippen LogP contribution is 2.21. The van der Waals surface area contributed by atoms with Gasteiger partial charge in [0.15, 0.2) is 0 Å². The maximum Gasteiger partial charge on any atom is 0.234 e. The van der Waals surface area contributed by atoms with Gasteiger partial charge in [0.2, 0.25) is 10.0 Å². The molecule has 0 heterocycles. The van der Waals surface area contributed by atoms with Crippen LogP contribution in [-0.2, 0) is 10.0 Å². The molecule has 0 saturated carbocycles. The van der Waals surface area contributed by atoms with Crippen LogP contribution in [0.15, 0.2) is 24.3 Å². The molecule has 0 atom stereocenters. The highest BCUT2D eigenvalue weighted by atomic mass is 32.2. The minimum atomic E-state index is -3.21. The molecule has 1 rings (SSSR count). The topological polar surface area (TPSA) is 49.4 Å². The van der Waals surface area contributed by atoms with Crippen LogP contribution in [0.4, 0.5) is 5.69 Å². The van der Waals surface area contributed by atoms with Crippen molar-refractivity contribution in [1.82, 2.24) is 5.32 Å². The van der Waals surface area contributed by atoms with Gasteiger partial charge in [0, 0.05) is 7.05 Å². The molecule has 0 unspecified atom stereocenters. The zero-order valence-electron chi connectivity index (χ0n) is 11.3. The summed E-state index contributed by atoms with van der Waals surface area (Å²) in [6.45, 7) is 2.77. The molecule has 1 aromatic rings. The van der Waals surface area contributed by atoms with Crippen LogP contribution in [-0.4, -0.2) is 34.8 Å². The summed E-state index contributed by atoms with van der Waals surface area (Å²) in [6, 6.07) is 7.52. The molecule has 0 radical (unpaired) electrons. The third-order valence-corrected chi connectivity index (χ3v) is 4.79. The van der Waals surface area contributed by atoms with Crippen molar-refractivity contribution in [3.8, 4) is 0 Å². The Morgan fingerprint density at radius 3 is 2.50 bits per heavy atom. The lowest BCUT2D eigenvalue weighted by atomic mass is 10.2. The SMILES string of the molecule is CNCCCCS(=O)(=O)N(C)c1ccccc1C. The van der Waals surface area contributed by atoms with Gasteiger partial charge in [-0.25, -0.2) is 8.42 Å². The quantitative estimate of drug-likeness (QED) is 0.768. The average Bonchev–Trinajstić information content (AvgIpc) is 2.34. The van der Waals surface area contributed by atoms with Gasteiger partial charge in [-0.1, -0.05) is 18.2 Å². The van der Waals surface area contributed by atoms with Crippen molar-refractivity contribution in [3.05, 3.63) is 29.8 Å². The van der Waals surface area contributed by atoms with E-state index in [2.05, 4.69) is 5.32 Å².